The fourth-order valence-electron chi connectivity index (χ4n) is 2.41. The van der Waals surface area contributed by atoms with Crippen molar-refractivity contribution in [2.45, 2.75) is 13.0 Å². The van der Waals surface area contributed by atoms with Crippen LogP contribution in [0.25, 0.3) is 0 Å². The van der Waals surface area contributed by atoms with Gasteiger partial charge in [0, 0.05) is 25.7 Å². The Morgan fingerprint density at radius 1 is 1.48 bits per heavy atom. The van der Waals surface area contributed by atoms with Gasteiger partial charge in [-0.25, -0.2) is 4.79 Å². The summed E-state index contributed by atoms with van der Waals surface area (Å²) >= 11 is 0. The number of carbonyl (C=O) groups excluding carboxylic acids is 1. The number of methoxy groups -OCH3 is 1. The number of nitrogens with two attached hydrogens (primary N) is 1. The van der Waals surface area contributed by atoms with Crippen molar-refractivity contribution in [3.8, 4) is 0 Å². The van der Waals surface area contributed by atoms with Gasteiger partial charge in [-0.2, -0.15) is 0 Å². The van der Waals surface area contributed by atoms with Crippen molar-refractivity contribution in [3.63, 3.8) is 0 Å². The molecule has 1 aliphatic rings. The molecule has 3 N–H and O–H groups in total. The number of nitrogen functional groups attached to an aromatic ring is 1. The lowest BCUT2D eigenvalue weighted by Crippen LogP contribution is -2.42. The molecule has 1 saturated heterocycles. The van der Waals surface area contributed by atoms with Gasteiger partial charge in [-0.3, -0.25) is 4.90 Å². The number of morpholine rings is 1. The van der Waals surface area contributed by atoms with Crippen LogP contribution >= 0.6 is 0 Å². The molecule has 0 radical (unpaired) electrons. The second-order valence-electron chi connectivity index (χ2n) is 5.25. The third-order valence-corrected chi connectivity index (χ3v) is 3.51. The van der Waals surface area contributed by atoms with Crippen molar-refractivity contribution in [3.05, 3.63) is 23.8 Å². The van der Waals surface area contributed by atoms with Gasteiger partial charge in [0.1, 0.15) is 0 Å². The zero-order chi connectivity index (χ0) is 15.2. The number of benzene rings is 1. The standard InChI is InChI=1S/C15H23N3O3/c1-11(10-18-5-7-21-8-6-18)17-14-9-12(15(19)20-2)3-4-13(14)16/h3-4,9,11,17H,5-8,10,16H2,1-2H3. The Balaban J connectivity index is 1.98. The molecule has 6 heteroatoms. The number of esters is 1. The molecule has 1 heterocycles. The van der Waals surface area contributed by atoms with Crippen LogP contribution in [0.4, 0.5) is 11.4 Å². The molecule has 0 aliphatic carbocycles. The van der Waals surface area contributed by atoms with E-state index in [-0.39, 0.29) is 12.0 Å². The largest absolute Gasteiger partial charge is 0.465 e. The van der Waals surface area contributed by atoms with Gasteiger partial charge in [0.25, 0.3) is 0 Å². The Kier molecular flexibility index (Phi) is 5.41. The van der Waals surface area contributed by atoms with Gasteiger partial charge >= 0.3 is 5.97 Å². The summed E-state index contributed by atoms with van der Waals surface area (Å²) in [5, 5.41) is 3.36. The molecular weight excluding hydrogens is 270 g/mol. The van der Waals surface area contributed by atoms with E-state index in [2.05, 4.69) is 17.1 Å². The summed E-state index contributed by atoms with van der Waals surface area (Å²) in [5.41, 5.74) is 7.84. The van der Waals surface area contributed by atoms with Crippen LogP contribution in [0.5, 0.6) is 0 Å². The van der Waals surface area contributed by atoms with Crippen LogP contribution < -0.4 is 11.1 Å². The first-order valence-electron chi connectivity index (χ1n) is 7.14. The van der Waals surface area contributed by atoms with Gasteiger partial charge in [-0.15, -0.1) is 0 Å². The molecule has 0 amide bonds. The number of hydrogen-bond donors (Lipinski definition) is 2. The first-order chi connectivity index (χ1) is 10.1. The van der Waals surface area contributed by atoms with Crippen LogP contribution in [0.1, 0.15) is 17.3 Å². The summed E-state index contributed by atoms with van der Waals surface area (Å²) in [5.74, 6) is -0.362. The quantitative estimate of drug-likeness (QED) is 0.627. The minimum Gasteiger partial charge on any atom is -0.465 e. The lowest BCUT2D eigenvalue weighted by Gasteiger charge is -2.30. The second-order valence-corrected chi connectivity index (χ2v) is 5.25. The van der Waals surface area contributed by atoms with Crippen LogP contribution in [0.2, 0.25) is 0 Å². The molecule has 0 spiro atoms. The Morgan fingerprint density at radius 3 is 2.86 bits per heavy atom. The van der Waals surface area contributed by atoms with E-state index in [1.807, 2.05) is 0 Å². The lowest BCUT2D eigenvalue weighted by atomic mass is 10.1. The Labute approximate surface area is 125 Å². The van der Waals surface area contributed by atoms with Crippen LogP contribution in [0.15, 0.2) is 18.2 Å². The highest BCUT2D eigenvalue weighted by molar-refractivity contribution is 5.91. The van der Waals surface area contributed by atoms with E-state index in [0.717, 1.165) is 38.5 Å². The van der Waals surface area contributed by atoms with Gasteiger partial charge in [-0.1, -0.05) is 0 Å². The highest BCUT2D eigenvalue weighted by Crippen LogP contribution is 2.21. The molecule has 0 saturated carbocycles. The molecule has 1 fully saturated rings. The minimum atomic E-state index is -0.362. The summed E-state index contributed by atoms with van der Waals surface area (Å²) in [4.78, 5) is 13.9. The number of carbonyl (C=O) groups is 1. The lowest BCUT2D eigenvalue weighted by molar-refractivity contribution is 0.0368. The topological polar surface area (TPSA) is 76.8 Å². The van der Waals surface area contributed by atoms with E-state index in [1.165, 1.54) is 7.11 Å². The van der Waals surface area contributed by atoms with E-state index in [4.69, 9.17) is 15.2 Å². The summed E-state index contributed by atoms with van der Waals surface area (Å²) in [6.07, 6.45) is 0. The van der Waals surface area contributed by atoms with Crippen molar-refractivity contribution < 1.29 is 14.3 Å². The maximum Gasteiger partial charge on any atom is 0.337 e. The molecular formula is C15H23N3O3. The molecule has 0 aromatic heterocycles. The van der Waals surface area contributed by atoms with E-state index in [0.29, 0.717) is 11.3 Å². The van der Waals surface area contributed by atoms with Crippen LogP contribution in [0.3, 0.4) is 0 Å². The smallest absolute Gasteiger partial charge is 0.337 e. The summed E-state index contributed by atoms with van der Waals surface area (Å²) in [6, 6.07) is 5.34. The molecule has 6 nitrogen and oxygen atoms in total. The molecule has 1 aromatic carbocycles. The van der Waals surface area contributed by atoms with Crippen LogP contribution in [-0.4, -0.2) is 56.9 Å². The molecule has 0 bridgehead atoms. The van der Waals surface area contributed by atoms with Crippen molar-refractivity contribution in [1.29, 1.82) is 0 Å². The van der Waals surface area contributed by atoms with Crippen LogP contribution in [0, 0.1) is 0 Å². The van der Waals surface area contributed by atoms with E-state index in [1.54, 1.807) is 18.2 Å². The molecule has 1 aliphatic heterocycles. The molecule has 1 unspecified atom stereocenters. The zero-order valence-corrected chi connectivity index (χ0v) is 12.6. The molecule has 2 rings (SSSR count). The second kappa shape index (κ2) is 7.28. The van der Waals surface area contributed by atoms with E-state index < -0.39 is 0 Å². The highest BCUT2D eigenvalue weighted by Gasteiger charge is 2.15. The van der Waals surface area contributed by atoms with Crippen molar-refractivity contribution in [2.75, 3.05) is 51.0 Å². The molecule has 116 valence electrons. The Hall–Kier alpha value is -1.79. The van der Waals surface area contributed by atoms with Crippen molar-refractivity contribution in [2.24, 2.45) is 0 Å². The van der Waals surface area contributed by atoms with Gasteiger partial charge < -0.3 is 20.5 Å². The third-order valence-electron chi connectivity index (χ3n) is 3.51. The van der Waals surface area contributed by atoms with Gasteiger partial charge in [0.15, 0.2) is 0 Å². The van der Waals surface area contributed by atoms with Gasteiger partial charge in [-0.05, 0) is 25.1 Å². The maximum absolute atomic E-state index is 11.6. The van der Waals surface area contributed by atoms with E-state index >= 15 is 0 Å². The minimum absolute atomic E-state index is 0.221. The van der Waals surface area contributed by atoms with Crippen molar-refractivity contribution in [1.82, 2.24) is 4.90 Å². The number of nitrogens with one attached hydrogen (secondary N) is 1. The number of ether oxygens (including phenoxy) is 2. The van der Waals surface area contributed by atoms with Crippen molar-refractivity contribution >= 4 is 17.3 Å². The van der Waals surface area contributed by atoms with E-state index in [9.17, 15) is 4.79 Å². The predicted molar refractivity (Wildman–Crippen MR) is 82.5 cm³/mol. The van der Waals surface area contributed by atoms with Gasteiger partial charge in [0.05, 0.1) is 37.3 Å². The summed E-state index contributed by atoms with van der Waals surface area (Å²) < 4.78 is 10.1. The number of nitrogens with zero attached hydrogens (tertiary/aromatic N) is 1. The Bertz CT molecular complexity index is 487. The summed E-state index contributed by atoms with van der Waals surface area (Å²) in [7, 11) is 1.37. The van der Waals surface area contributed by atoms with Crippen LogP contribution in [-0.2, 0) is 9.47 Å². The predicted octanol–water partition coefficient (Wildman–Crippen LogP) is 1.19. The number of hydrogen-bond acceptors (Lipinski definition) is 6. The highest BCUT2D eigenvalue weighted by atomic mass is 16.5. The first kappa shape index (κ1) is 15.6. The zero-order valence-electron chi connectivity index (χ0n) is 12.6. The molecule has 1 aromatic rings. The summed E-state index contributed by atoms with van der Waals surface area (Å²) in [6.45, 7) is 6.47. The third kappa shape index (κ3) is 4.34. The Morgan fingerprint density at radius 2 is 2.19 bits per heavy atom. The molecule has 1 atom stereocenters. The molecule has 21 heavy (non-hydrogen) atoms. The number of rotatable bonds is 5. The average Bonchev–Trinajstić information content (AvgIpc) is 2.49. The average molecular weight is 293 g/mol. The maximum atomic E-state index is 11.6. The SMILES string of the molecule is COC(=O)c1ccc(N)c(NC(C)CN2CCOCC2)c1. The monoisotopic (exact) mass is 293 g/mol. The van der Waals surface area contributed by atoms with Gasteiger partial charge in [0.2, 0.25) is 0 Å². The fraction of sp³-hybridized carbons (Fsp3) is 0.533. The normalized spacial score (nSPS) is 17.2. The fourth-order valence-corrected chi connectivity index (χ4v) is 2.41. The number of anilines is 2. The first-order valence-corrected chi connectivity index (χ1v) is 7.14.